The van der Waals surface area contributed by atoms with Crippen LogP contribution >= 0.6 is 0 Å². The molecule has 8 atom stereocenters. The van der Waals surface area contributed by atoms with E-state index in [1.54, 1.807) is 0 Å². The Morgan fingerprint density at radius 2 is 2.00 bits per heavy atom. The van der Waals surface area contributed by atoms with Gasteiger partial charge in [0, 0.05) is 35.8 Å². The number of non-ortho nitro benzene ring substituents is 1. The number of hydrogen-bond acceptors (Lipinski definition) is 10. The van der Waals surface area contributed by atoms with E-state index in [1.165, 1.54) is 29.6 Å². The van der Waals surface area contributed by atoms with Crippen LogP contribution in [0.2, 0.25) is 0 Å². The summed E-state index contributed by atoms with van der Waals surface area (Å²) in [6.07, 6.45) is -0.655. The Labute approximate surface area is 229 Å². The number of methoxy groups -OCH3 is 1. The van der Waals surface area contributed by atoms with E-state index in [-0.39, 0.29) is 30.0 Å². The predicted molar refractivity (Wildman–Crippen MR) is 138 cm³/mol. The number of aliphatic hydroxyl groups excluding tert-OH is 1. The fourth-order valence-corrected chi connectivity index (χ4v) is 10.1. The van der Waals surface area contributed by atoms with Crippen LogP contribution in [0.1, 0.15) is 18.4 Å². The molecule has 4 aliphatic heterocycles. The normalized spacial score (nSPS) is 39.0. The van der Waals surface area contributed by atoms with Crippen molar-refractivity contribution in [3.8, 4) is 0 Å². The molecule has 1 unspecified atom stereocenters. The summed E-state index contributed by atoms with van der Waals surface area (Å²) in [7, 11) is -2.93. The molecule has 0 amide bonds. The van der Waals surface area contributed by atoms with Crippen LogP contribution in [-0.4, -0.2) is 66.5 Å². The van der Waals surface area contributed by atoms with E-state index in [0.29, 0.717) is 5.69 Å². The molecule has 12 nitrogen and oxygen atoms in total. The van der Waals surface area contributed by atoms with Crippen molar-refractivity contribution in [2.24, 2.45) is 17.3 Å². The van der Waals surface area contributed by atoms with Crippen molar-refractivity contribution in [1.82, 2.24) is 4.31 Å². The maximum absolute atomic E-state index is 14.2. The van der Waals surface area contributed by atoms with Gasteiger partial charge < -0.3 is 24.6 Å². The number of nitro groups is 1. The first-order valence-corrected chi connectivity index (χ1v) is 14.4. The molecular weight excluding hydrogens is 542 g/mol. The third-order valence-corrected chi connectivity index (χ3v) is 11.7. The molecule has 3 saturated heterocycles. The van der Waals surface area contributed by atoms with Gasteiger partial charge in [-0.1, -0.05) is 24.3 Å². The number of benzene rings is 2. The van der Waals surface area contributed by atoms with Crippen LogP contribution in [-0.2, 0) is 34.6 Å². The molecule has 0 bridgehead atoms. The highest BCUT2D eigenvalue weighted by Crippen LogP contribution is 2.77. The number of nitro benzene ring substituents is 1. The minimum absolute atomic E-state index is 0.0553. The zero-order valence-electron chi connectivity index (χ0n) is 21.4. The fraction of sp³-hybridized carbons (Fsp3) is 0.444. The summed E-state index contributed by atoms with van der Waals surface area (Å²) in [4.78, 5) is 24.6. The molecule has 5 aliphatic rings. The number of nitrogens with one attached hydrogen (secondary N) is 1. The molecule has 2 aromatic carbocycles. The number of fused-ring (bicyclic) bond motifs is 1. The third-order valence-electron chi connectivity index (χ3n) is 9.76. The Morgan fingerprint density at radius 1 is 1.27 bits per heavy atom. The summed E-state index contributed by atoms with van der Waals surface area (Å²) in [5.74, 6) is -1.99. The van der Waals surface area contributed by atoms with E-state index in [1.807, 2.05) is 24.3 Å². The average Bonchev–Trinajstić information content (AvgIpc) is 3.51. The molecular formula is C27H27N3O9S. The first-order valence-electron chi connectivity index (χ1n) is 13.0. The van der Waals surface area contributed by atoms with Gasteiger partial charge in [0.25, 0.3) is 5.69 Å². The van der Waals surface area contributed by atoms with Crippen LogP contribution in [0.5, 0.6) is 0 Å². The van der Waals surface area contributed by atoms with Crippen molar-refractivity contribution in [3.63, 3.8) is 0 Å². The lowest BCUT2D eigenvalue weighted by Crippen LogP contribution is -2.73. The SMILES string of the molecule is C=C[C@H]1C(O)O[C@H]2O[C@@]34CCN(S(=O)(=O)c5ccc([N+](=O)[O-])cc5)[C@H]5C[C@@H]1[C@]2(C(=O)OC)[C@]53Nc1ccccc14. The Bertz CT molecular complexity index is 1570. The van der Waals surface area contributed by atoms with Gasteiger partial charge >= 0.3 is 5.97 Å². The zero-order chi connectivity index (χ0) is 28.2. The van der Waals surface area contributed by atoms with Crippen molar-refractivity contribution < 1.29 is 37.5 Å². The fourth-order valence-electron chi connectivity index (χ4n) is 8.40. The van der Waals surface area contributed by atoms with Gasteiger partial charge in [0.1, 0.15) is 16.6 Å². The first kappa shape index (κ1) is 25.6. The molecule has 2 N–H and O–H groups in total. The molecule has 7 rings (SSSR count). The van der Waals surface area contributed by atoms with Crippen LogP contribution in [0.4, 0.5) is 11.4 Å². The first-order chi connectivity index (χ1) is 19.1. The van der Waals surface area contributed by atoms with Crippen LogP contribution in [0, 0.1) is 27.4 Å². The van der Waals surface area contributed by atoms with Gasteiger partial charge in [0.15, 0.2) is 12.6 Å². The van der Waals surface area contributed by atoms with Gasteiger partial charge in [-0.2, -0.15) is 4.31 Å². The van der Waals surface area contributed by atoms with E-state index in [4.69, 9.17) is 14.2 Å². The maximum atomic E-state index is 14.2. The van der Waals surface area contributed by atoms with E-state index in [0.717, 1.165) is 17.7 Å². The molecule has 1 aliphatic carbocycles. The molecule has 4 heterocycles. The molecule has 40 heavy (non-hydrogen) atoms. The number of aliphatic hydroxyl groups is 1. The third kappa shape index (κ3) is 2.65. The standard InChI is InChI=1S/C27H27N3O9S/c1-3-17-19-14-21-27-25(18-6-4-5-7-20(18)28-27,39-24(38-22(17)31)26(19,27)23(32)37-2)12-13-29(21)40(35,36)16-10-8-15(9-11-16)30(33)34/h3-11,17,19,21-22,24,28,31H,1,12-14H2,2H3/t17-,19+,21+,22?,24+,25-,26-,27+/m1/s1. The summed E-state index contributed by atoms with van der Waals surface area (Å²) >= 11 is 0. The Balaban J connectivity index is 1.47. The van der Waals surface area contributed by atoms with Crippen molar-refractivity contribution in [2.75, 3.05) is 19.0 Å². The van der Waals surface area contributed by atoms with Crippen molar-refractivity contribution in [1.29, 1.82) is 0 Å². The number of piperidine rings is 1. The Morgan fingerprint density at radius 3 is 2.67 bits per heavy atom. The van der Waals surface area contributed by atoms with Crippen LogP contribution in [0.3, 0.4) is 0 Å². The highest BCUT2D eigenvalue weighted by atomic mass is 32.2. The number of para-hydroxylation sites is 1. The molecule has 1 saturated carbocycles. The van der Waals surface area contributed by atoms with E-state index < -0.39 is 67.9 Å². The van der Waals surface area contributed by atoms with Gasteiger partial charge in [-0.05, 0) is 37.0 Å². The number of esters is 1. The van der Waals surface area contributed by atoms with Gasteiger partial charge in [0.2, 0.25) is 10.0 Å². The van der Waals surface area contributed by atoms with Crippen molar-refractivity contribution >= 4 is 27.4 Å². The highest BCUT2D eigenvalue weighted by Gasteiger charge is 2.91. The molecule has 210 valence electrons. The predicted octanol–water partition coefficient (Wildman–Crippen LogP) is 2.10. The highest BCUT2D eigenvalue weighted by molar-refractivity contribution is 7.89. The zero-order valence-corrected chi connectivity index (χ0v) is 22.2. The summed E-state index contributed by atoms with van der Waals surface area (Å²) in [5.41, 5.74) is -2.79. The summed E-state index contributed by atoms with van der Waals surface area (Å²) < 4.78 is 48.0. The number of hydrogen-bond donors (Lipinski definition) is 2. The number of nitrogens with zero attached hydrogens (tertiary/aromatic N) is 2. The molecule has 1 spiro atoms. The lowest BCUT2D eigenvalue weighted by atomic mass is 9.57. The van der Waals surface area contributed by atoms with Gasteiger partial charge in [-0.15, -0.1) is 6.58 Å². The second-order valence-corrected chi connectivity index (χ2v) is 12.8. The minimum atomic E-state index is -4.20. The smallest absolute Gasteiger partial charge is 0.319 e. The molecule has 13 heteroatoms. The number of carbonyl (C=O) groups is 1. The molecule has 2 aromatic rings. The van der Waals surface area contributed by atoms with Crippen molar-refractivity contribution in [3.05, 3.63) is 76.9 Å². The number of carbonyl (C=O) groups excluding carboxylic acids is 1. The lowest BCUT2D eigenvalue weighted by molar-refractivity contribution is -0.384. The van der Waals surface area contributed by atoms with E-state index in [2.05, 4.69) is 11.9 Å². The van der Waals surface area contributed by atoms with Crippen molar-refractivity contribution in [2.45, 2.75) is 47.5 Å². The average molecular weight is 570 g/mol. The van der Waals surface area contributed by atoms with E-state index in [9.17, 15) is 28.4 Å². The van der Waals surface area contributed by atoms with Crippen LogP contribution < -0.4 is 5.32 Å². The van der Waals surface area contributed by atoms with Gasteiger partial charge in [-0.3, -0.25) is 14.9 Å². The second kappa shape index (κ2) is 8.10. The molecule has 0 radical (unpaired) electrons. The summed E-state index contributed by atoms with van der Waals surface area (Å²) in [6.45, 7) is 3.94. The maximum Gasteiger partial charge on any atom is 0.319 e. The largest absolute Gasteiger partial charge is 0.468 e. The Kier molecular flexibility index (Phi) is 5.19. The second-order valence-electron chi connectivity index (χ2n) is 10.9. The summed E-state index contributed by atoms with van der Waals surface area (Å²) in [6, 6.07) is 11.4. The molecule has 0 aromatic heterocycles. The van der Waals surface area contributed by atoms with Gasteiger partial charge in [-0.25, -0.2) is 8.42 Å². The van der Waals surface area contributed by atoms with Crippen LogP contribution in [0.25, 0.3) is 0 Å². The molecule has 4 fully saturated rings. The Hall–Kier alpha value is -3.36. The van der Waals surface area contributed by atoms with E-state index >= 15 is 0 Å². The number of ether oxygens (including phenoxy) is 3. The number of sulfonamides is 1. The topological polar surface area (TPSA) is 158 Å². The van der Waals surface area contributed by atoms with Gasteiger partial charge in [0.05, 0.1) is 23.0 Å². The quantitative estimate of drug-likeness (QED) is 0.236. The lowest BCUT2D eigenvalue weighted by Gasteiger charge is -2.54. The minimum Gasteiger partial charge on any atom is -0.468 e. The summed E-state index contributed by atoms with van der Waals surface area (Å²) in [5, 5.41) is 25.7. The van der Waals surface area contributed by atoms with Crippen LogP contribution in [0.15, 0.2) is 66.1 Å². The number of anilines is 1. The monoisotopic (exact) mass is 569 g/mol. The number of rotatable bonds is 5.